The van der Waals surface area contributed by atoms with E-state index >= 15 is 0 Å². The van der Waals surface area contributed by atoms with Crippen LogP contribution in [0.1, 0.15) is 28.3 Å². The van der Waals surface area contributed by atoms with Gasteiger partial charge in [-0.1, -0.05) is 0 Å². The van der Waals surface area contributed by atoms with Crippen molar-refractivity contribution in [1.29, 1.82) is 5.26 Å². The lowest BCUT2D eigenvalue weighted by molar-refractivity contribution is -0.141. The second kappa shape index (κ2) is 10.5. The number of nitrogens with two attached hydrogens (primary N) is 1. The van der Waals surface area contributed by atoms with Crippen LogP contribution in [-0.2, 0) is 29.5 Å². The first kappa shape index (κ1) is 26.9. The van der Waals surface area contributed by atoms with E-state index in [4.69, 9.17) is 11.0 Å². The highest BCUT2D eigenvalue weighted by Crippen LogP contribution is 2.36. The van der Waals surface area contributed by atoms with Crippen LogP contribution in [0.3, 0.4) is 0 Å². The number of aromatic nitrogens is 4. The van der Waals surface area contributed by atoms with Crippen LogP contribution < -0.4 is 11.1 Å². The standard InChI is InChI=1S/C22H25F3N8O2S/c1-14-11-15(5-6-18(14)36(3,35)29-9-4-7-26)30-21(34)20-28-12-17(32(20)2)16-13-33(10-8-27)31-19(16)22(23,24)25/h5-6,11-13H,4,7,9-10,26H2,1-3H3,(H,30,34). The van der Waals surface area contributed by atoms with Crippen LogP contribution in [0.15, 0.2) is 39.9 Å². The molecule has 2 aromatic heterocycles. The number of benzene rings is 1. The van der Waals surface area contributed by atoms with E-state index in [9.17, 15) is 22.2 Å². The molecule has 0 aliphatic rings. The Labute approximate surface area is 206 Å². The normalized spacial score (nSPS) is 13.2. The van der Waals surface area contributed by atoms with E-state index in [-0.39, 0.29) is 23.6 Å². The summed E-state index contributed by atoms with van der Waals surface area (Å²) in [5, 5.41) is 14.9. The van der Waals surface area contributed by atoms with Gasteiger partial charge in [0.25, 0.3) is 5.91 Å². The third kappa shape index (κ3) is 5.74. The van der Waals surface area contributed by atoms with Crippen LogP contribution in [0, 0.1) is 18.3 Å². The lowest BCUT2D eigenvalue weighted by atomic mass is 10.2. The maximum absolute atomic E-state index is 13.5. The summed E-state index contributed by atoms with van der Waals surface area (Å²) in [5.74, 6) is -0.789. The van der Waals surface area contributed by atoms with Gasteiger partial charge in [0.1, 0.15) is 6.54 Å². The average molecular weight is 523 g/mol. The van der Waals surface area contributed by atoms with Crippen molar-refractivity contribution in [3.63, 3.8) is 0 Å². The second-order valence-corrected chi connectivity index (χ2v) is 10.3. The molecule has 0 aliphatic carbocycles. The van der Waals surface area contributed by atoms with Crippen molar-refractivity contribution in [2.75, 3.05) is 24.7 Å². The molecular weight excluding hydrogens is 497 g/mol. The highest BCUT2D eigenvalue weighted by atomic mass is 32.2. The number of nitriles is 1. The Hall–Kier alpha value is -3.70. The molecule has 14 heteroatoms. The molecule has 1 atom stereocenters. The molecule has 1 aromatic carbocycles. The molecule has 0 saturated carbocycles. The number of alkyl halides is 3. The maximum atomic E-state index is 13.5. The van der Waals surface area contributed by atoms with Crippen LogP contribution >= 0.6 is 0 Å². The van der Waals surface area contributed by atoms with E-state index in [1.54, 1.807) is 31.2 Å². The smallest absolute Gasteiger partial charge is 0.330 e. The number of halogens is 3. The number of nitrogens with one attached hydrogen (secondary N) is 1. The molecule has 0 fully saturated rings. The van der Waals surface area contributed by atoms with Gasteiger partial charge < -0.3 is 15.6 Å². The molecule has 1 unspecified atom stereocenters. The molecule has 1 amide bonds. The lowest BCUT2D eigenvalue weighted by Gasteiger charge is -2.12. The van der Waals surface area contributed by atoms with Crippen molar-refractivity contribution in [2.45, 2.75) is 31.0 Å². The van der Waals surface area contributed by atoms with Crippen molar-refractivity contribution in [1.82, 2.24) is 19.3 Å². The van der Waals surface area contributed by atoms with Crippen LogP contribution in [0.2, 0.25) is 0 Å². The van der Waals surface area contributed by atoms with Gasteiger partial charge in [0, 0.05) is 31.7 Å². The first-order valence-corrected chi connectivity index (χ1v) is 12.6. The predicted molar refractivity (Wildman–Crippen MR) is 127 cm³/mol. The van der Waals surface area contributed by atoms with Crippen molar-refractivity contribution >= 4 is 21.3 Å². The topological polar surface area (TPSA) is 144 Å². The largest absolute Gasteiger partial charge is 0.435 e. The summed E-state index contributed by atoms with van der Waals surface area (Å²) >= 11 is 0. The van der Waals surface area contributed by atoms with Gasteiger partial charge >= 0.3 is 6.18 Å². The number of carbonyl (C=O) groups is 1. The molecule has 192 valence electrons. The van der Waals surface area contributed by atoms with Crippen LogP contribution in [0.5, 0.6) is 0 Å². The Morgan fingerprint density at radius 3 is 2.69 bits per heavy atom. The number of carbonyl (C=O) groups excluding carboxylic acids is 1. The highest BCUT2D eigenvalue weighted by Gasteiger charge is 2.38. The summed E-state index contributed by atoms with van der Waals surface area (Å²) in [6, 6.07) is 6.55. The van der Waals surface area contributed by atoms with Crippen LogP contribution in [0.25, 0.3) is 11.3 Å². The zero-order valence-corrected chi connectivity index (χ0v) is 20.7. The summed E-state index contributed by atoms with van der Waals surface area (Å²) in [4.78, 5) is 17.4. The van der Waals surface area contributed by atoms with Gasteiger partial charge in [0.05, 0.1) is 38.1 Å². The van der Waals surface area contributed by atoms with Crippen LogP contribution in [0.4, 0.5) is 18.9 Å². The van der Waals surface area contributed by atoms with Crippen LogP contribution in [-0.4, -0.2) is 48.8 Å². The first-order valence-electron chi connectivity index (χ1n) is 10.7. The van der Waals surface area contributed by atoms with E-state index in [0.717, 1.165) is 17.1 Å². The molecule has 10 nitrogen and oxygen atoms in total. The Kier molecular flexibility index (Phi) is 7.85. The Balaban J connectivity index is 1.88. The van der Waals surface area contributed by atoms with Crippen molar-refractivity contribution < 1.29 is 22.2 Å². The zero-order valence-electron chi connectivity index (χ0n) is 19.8. The molecule has 0 spiro atoms. The molecule has 3 aromatic rings. The molecule has 2 heterocycles. The Morgan fingerprint density at radius 1 is 1.36 bits per heavy atom. The highest BCUT2D eigenvalue weighted by molar-refractivity contribution is 7.93. The van der Waals surface area contributed by atoms with Crippen molar-refractivity contribution in [2.24, 2.45) is 17.1 Å². The monoisotopic (exact) mass is 522 g/mol. The minimum Gasteiger partial charge on any atom is -0.330 e. The third-order valence-corrected chi connectivity index (χ3v) is 7.22. The number of rotatable bonds is 8. The number of imidazole rings is 1. The fourth-order valence-corrected chi connectivity index (χ4v) is 5.17. The van der Waals surface area contributed by atoms with Crippen molar-refractivity contribution in [3.8, 4) is 17.3 Å². The van der Waals surface area contributed by atoms with Gasteiger partial charge in [-0.2, -0.15) is 23.5 Å². The number of hydrogen-bond acceptors (Lipinski definition) is 7. The number of amides is 1. The maximum Gasteiger partial charge on any atom is 0.435 e. The zero-order chi connectivity index (χ0) is 26.7. The number of nitrogens with zero attached hydrogens (tertiary/aromatic N) is 6. The first-order chi connectivity index (χ1) is 16.9. The molecule has 36 heavy (non-hydrogen) atoms. The Morgan fingerprint density at radius 2 is 2.08 bits per heavy atom. The molecule has 0 aliphatic heterocycles. The second-order valence-electron chi connectivity index (χ2n) is 8.00. The van der Waals surface area contributed by atoms with E-state index in [2.05, 4.69) is 19.8 Å². The SMILES string of the molecule is Cc1cc(NC(=O)c2ncc(-c3cn(CC#N)nc3C(F)(F)F)n2C)ccc1S(C)(=O)=NCCCN. The Bertz CT molecular complexity index is 1440. The van der Waals surface area contributed by atoms with Gasteiger partial charge in [-0.15, -0.1) is 0 Å². The predicted octanol–water partition coefficient (Wildman–Crippen LogP) is 3.19. The van der Waals surface area contributed by atoms with Gasteiger partial charge in [-0.05, 0) is 43.7 Å². The van der Waals surface area contributed by atoms with E-state index in [1.165, 1.54) is 17.9 Å². The third-order valence-electron chi connectivity index (χ3n) is 5.27. The van der Waals surface area contributed by atoms with Gasteiger partial charge in [0.15, 0.2) is 11.5 Å². The van der Waals surface area contributed by atoms with E-state index < -0.39 is 27.5 Å². The van der Waals surface area contributed by atoms with Gasteiger partial charge in [-0.3, -0.25) is 9.48 Å². The molecule has 0 bridgehead atoms. The number of anilines is 1. The summed E-state index contributed by atoms with van der Waals surface area (Å²) in [5.41, 5.74) is 5.02. The number of hydrogen-bond donors (Lipinski definition) is 2. The summed E-state index contributed by atoms with van der Waals surface area (Å²) in [7, 11) is -1.24. The van der Waals surface area contributed by atoms with Gasteiger partial charge in [0.2, 0.25) is 0 Å². The van der Waals surface area contributed by atoms with E-state index in [0.29, 0.717) is 35.7 Å². The van der Waals surface area contributed by atoms with E-state index in [1.807, 2.05) is 0 Å². The summed E-state index contributed by atoms with van der Waals surface area (Å²) in [6.07, 6.45) is -0.383. The summed E-state index contributed by atoms with van der Waals surface area (Å²) in [6.45, 7) is 2.19. The average Bonchev–Trinajstić information content (AvgIpc) is 3.37. The lowest BCUT2D eigenvalue weighted by Crippen LogP contribution is -2.17. The minimum absolute atomic E-state index is 0.00741. The van der Waals surface area contributed by atoms with Gasteiger partial charge in [-0.25, -0.2) is 13.6 Å². The quantitative estimate of drug-likeness (QED) is 0.435. The molecular formula is C22H25F3N8O2S. The molecule has 0 radical (unpaired) electrons. The minimum atomic E-state index is -4.77. The fourth-order valence-electron chi connectivity index (χ4n) is 3.58. The molecule has 3 rings (SSSR count). The van der Waals surface area contributed by atoms with Crippen molar-refractivity contribution in [3.05, 3.63) is 47.7 Å². The molecule has 0 saturated heterocycles. The summed E-state index contributed by atoms with van der Waals surface area (Å²) < 4.78 is 59.8. The number of aryl methyl sites for hydroxylation is 1. The fraction of sp³-hybridized carbons (Fsp3) is 0.364. The molecule has 3 N–H and O–H groups in total.